The molecule has 15 heavy (non-hydrogen) atoms. The Hall–Kier alpha value is -2.30. The van der Waals surface area contributed by atoms with E-state index in [0.29, 0.717) is 23.0 Å². The number of ether oxygens (including phenoxy) is 2. The zero-order valence-corrected chi connectivity index (χ0v) is 7.35. The van der Waals surface area contributed by atoms with Crippen LogP contribution in [0.1, 0.15) is 0 Å². The second-order valence-corrected chi connectivity index (χ2v) is 3.15. The van der Waals surface area contributed by atoms with E-state index in [1.807, 2.05) is 12.1 Å². The first-order chi connectivity index (χ1) is 7.42. The van der Waals surface area contributed by atoms with E-state index in [1.54, 1.807) is 12.1 Å². The first-order valence-corrected chi connectivity index (χ1v) is 4.38. The van der Waals surface area contributed by atoms with Crippen molar-refractivity contribution in [2.45, 2.75) is 0 Å². The normalized spacial score (nSPS) is 14.1. The average molecular weight is 204 g/mol. The van der Waals surface area contributed by atoms with Crippen molar-refractivity contribution < 1.29 is 23.7 Å². The lowest BCUT2D eigenvalue weighted by Crippen LogP contribution is -2.05. The Kier molecular flexibility index (Phi) is 1.03. The number of hydrogen-bond acceptors (Lipinski definition) is 5. The predicted molar refractivity (Wildman–Crippen MR) is 46.6 cm³/mol. The lowest BCUT2D eigenvalue weighted by molar-refractivity contribution is -0.0935. The van der Waals surface area contributed by atoms with Gasteiger partial charge in [-0.2, -0.15) is 0 Å². The molecule has 0 amide bonds. The van der Waals surface area contributed by atoms with E-state index in [2.05, 4.69) is 0 Å². The van der Waals surface area contributed by atoms with Gasteiger partial charge in [0.1, 0.15) is 0 Å². The van der Waals surface area contributed by atoms with Crippen molar-refractivity contribution in [3.63, 3.8) is 0 Å². The number of fused-ring (bicyclic) bond motifs is 6. The van der Waals surface area contributed by atoms with Gasteiger partial charge in [0.15, 0.2) is 11.5 Å². The molecule has 4 rings (SSSR count). The van der Waals surface area contributed by atoms with Gasteiger partial charge in [0.05, 0.1) is 0 Å². The molecule has 0 unspecified atom stereocenters. The molecule has 0 saturated carbocycles. The molecular formula is C10H4O5. The Balaban J connectivity index is 1.92. The highest BCUT2D eigenvalue weighted by Gasteiger charge is 2.38. The van der Waals surface area contributed by atoms with E-state index in [1.165, 1.54) is 0 Å². The molecule has 2 bridgehead atoms. The van der Waals surface area contributed by atoms with Crippen molar-refractivity contribution >= 4 is 0 Å². The van der Waals surface area contributed by atoms with Crippen molar-refractivity contribution in [1.82, 2.24) is 0 Å². The standard InChI is InChI=1S/C10H4O5/c1-2-4-6-5(3-1)11-7-8(12-6)10-13-9(7)14-15-10/h1-4H. The Morgan fingerprint density at radius 1 is 0.733 bits per heavy atom. The summed E-state index contributed by atoms with van der Waals surface area (Å²) in [6.45, 7) is 0. The Labute approximate surface area is 83.7 Å². The number of hydrogen-bond donors (Lipinski definition) is 0. The molecule has 1 aromatic carbocycles. The lowest BCUT2D eigenvalue weighted by Gasteiger charge is -2.18. The number of furan rings is 1. The molecule has 2 aliphatic heterocycles. The Bertz CT molecular complexity index is 509. The summed E-state index contributed by atoms with van der Waals surface area (Å²) in [6, 6.07) is 7.32. The monoisotopic (exact) mass is 204 g/mol. The number of para-hydroxylation sites is 2. The minimum atomic E-state index is 0.189. The third-order valence-electron chi connectivity index (χ3n) is 2.23. The van der Waals surface area contributed by atoms with Crippen LogP contribution in [0.25, 0.3) is 0 Å². The van der Waals surface area contributed by atoms with Crippen LogP contribution in [0.3, 0.4) is 0 Å². The first kappa shape index (κ1) is 7.05. The molecule has 0 radical (unpaired) electrons. The Morgan fingerprint density at radius 2 is 1.27 bits per heavy atom. The van der Waals surface area contributed by atoms with E-state index in [4.69, 9.17) is 23.7 Å². The maximum atomic E-state index is 5.56. The molecule has 5 heteroatoms. The maximum absolute atomic E-state index is 5.56. The molecule has 0 N–H and O–H groups in total. The topological polar surface area (TPSA) is 50.1 Å². The van der Waals surface area contributed by atoms with Crippen LogP contribution in [0, 0.1) is 0 Å². The fraction of sp³-hybridized carbons (Fsp3) is 0. The first-order valence-electron chi connectivity index (χ1n) is 4.38. The average Bonchev–Trinajstić information content (AvgIpc) is 2.87. The van der Waals surface area contributed by atoms with Crippen LogP contribution in [-0.4, -0.2) is 0 Å². The molecule has 2 aromatic rings. The predicted octanol–water partition coefficient (Wildman–Crippen LogP) is 2.86. The smallest absolute Gasteiger partial charge is 0.386 e. The minimum Gasteiger partial charge on any atom is -0.442 e. The summed E-state index contributed by atoms with van der Waals surface area (Å²) in [4.78, 5) is 9.46. The highest BCUT2D eigenvalue weighted by Crippen LogP contribution is 2.58. The summed E-state index contributed by atoms with van der Waals surface area (Å²) in [6.07, 6.45) is 0. The van der Waals surface area contributed by atoms with Crippen molar-refractivity contribution in [3.05, 3.63) is 24.3 Å². The van der Waals surface area contributed by atoms with Gasteiger partial charge < -0.3 is 13.9 Å². The third-order valence-corrected chi connectivity index (χ3v) is 2.23. The second kappa shape index (κ2) is 2.20. The molecule has 0 spiro atoms. The summed E-state index contributed by atoms with van der Waals surface area (Å²) >= 11 is 0. The van der Waals surface area contributed by atoms with Crippen LogP contribution in [0.15, 0.2) is 28.7 Å². The van der Waals surface area contributed by atoms with Gasteiger partial charge in [-0.15, -0.1) is 0 Å². The van der Waals surface area contributed by atoms with Crippen LogP contribution in [-0.2, 0) is 0 Å². The summed E-state index contributed by atoms with van der Waals surface area (Å²) in [5.74, 6) is 2.49. The molecule has 3 heterocycles. The summed E-state index contributed by atoms with van der Waals surface area (Å²) in [5, 5.41) is 0. The van der Waals surface area contributed by atoms with E-state index in [0.717, 1.165) is 0 Å². The van der Waals surface area contributed by atoms with Gasteiger partial charge in [-0.05, 0) is 12.1 Å². The van der Waals surface area contributed by atoms with E-state index < -0.39 is 0 Å². The van der Waals surface area contributed by atoms with Gasteiger partial charge in [0, 0.05) is 0 Å². The summed E-state index contributed by atoms with van der Waals surface area (Å²) in [5.41, 5.74) is 0. The number of rotatable bonds is 0. The Morgan fingerprint density at radius 3 is 1.80 bits per heavy atom. The molecule has 74 valence electrons. The van der Waals surface area contributed by atoms with Crippen molar-refractivity contribution in [2.75, 3.05) is 0 Å². The lowest BCUT2D eigenvalue weighted by atomic mass is 10.3. The highest BCUT2D eigenvalue weighted by molar-refractivity contribution is 5.62. The van der Waals surface area contributed by atoms with Crippen LogP contribution < -0.4 is 19.2 Å². The molecule has 0 aliphatic carbocycles. The van der Waals surface area contributed by atoms with Gasteiger partial charge >= 0.3 is 11.9 Å². The molecule has 0 atom stereocenters. The van der Waals surface area contributed by atoms with Gasteiger partial charge in [-0.25, -0.2) is 9.78 Å². The van der Waals surface area contributed by atoms with Gasteiger partial charge in [-0.3, -0.25) is 0 Å². The maximum Gasteiger partial charge on any atom is 0.386 e. The van der Waals surface area contributed by atoms with E-state index in [-0.39, 0.29) is 11.9 Å². The summed E-state index contributed by atoms with van der Waals surface area (Å²) < 4.78 is 16.2. The van der Waals surface area contributed by atoms with Crippen molar-refractivity contribution in [2.24, 2.45) is 0 Å². The molecule has 1 aromatic heterocycles. The molecule has 0 saturated heterocycles. The zero-order valence-electron chi connectivity index (χ0n) is 7.35. The molecule has 0 fully saturated rings. The molecule has 5 nitrogen and oxygen atoms in total. The van der Waals surface area contributed by atoms with Crippen molar-refractivity contribution in [1.29, 1.82) is 0 Å². The largest absolute Gasteiger partial charge is 0.442 e. The van der Waals surface area contributed by atoms with Crippen LogP contribution in [0.2, 0.25) is 0 Å². The fourth-order valence-electron chi connectivity index (χ4n) is 1.56. The van der Waals surface area contributed by atoms with Crippen molar-refractivity contribution in [3.8, 4) is 34.9 Å². The SMILES string of the molecule is c1ccc2c(c1)Oc1c3oc(c1O2)OO3. The van der Waals surface area contributed by atoms with Crippen LogP contribution >= 0.6 is 0 Å². The quantitative estimate of drug-likeness (QED) is 0.527. The molecular weight excluding hydrogens is 200 g/mol. The third kappa shape index (κ3) is 0.775. The summed E-state index contributed by atoms with van der Waals surface area (Å²) in [7, 11) is 0. The molecule has 2 aliphatic rings. The second-order valence-electron chi connectivity index (χ2n) is 3.15. The highest BCUT2D eigenvalue weighted by atomic mass is 17.3. The van der Waals surface area contributed by atoms with E-state index in [9.17, 15) is 0 Å². The van der Waals surface area contributed by atoms with Crippen LogP contribution in [0.4, 0.5) is 0 Å². The zero-order chi connectivity index (χ0) is 9.83. The van der Waals surface area contributed by atoms with Gasteiger partial charge in [-0.1, -0.05) is 12.1 Å². The van der Waals surface area contributed by atoms with E-state index >= 15 is 0 Å². The van der Waals surface area contributed by atoms with Crippen LogP contribution in [0.5, 0.6) is 34.9 Å². The minimum absolute atomic E-state index is 0.189. The number of benzene rings is 1. The fourth-order valence-corrected chi connectivity index (χ4v) is 1.56. The van der Waals surface area contributed by atoms with Gasteiger partial charge in [0.25, 0.3) is 11.5 Å². The van der Waals surface area contributed by atoms with Gasteiger partial charge in [0.2, 0.25) is 0 Å².